The van der Waals surface area contributed by atoms with Crippen LogP contribution < -0.4 is 16.0 Å². The third kappa shape index (κ3) is 3.20. The molecule has 1 fully saturated rings. The second kappa shape index (κ2) is 6.87. The van der Waals surface area contributed by atoms with Crippen molar-refractivity contribution in [3.63, 3.8) is 0 Å². The smallest absolute Gasteiger partial charge is 0.227 e. The molecule has 1 atom stereocenters. The van der Waals surface area contributed by atoms with Gasteiger partial charge in [0.15, 0.2) is 0 Å². The predicted octanol–water partition coefficient (Wildman–Crippen LogP) is 2.33. The first-order chi connectivity index (χ1) is 12.6. The van der Waals surface area contributed by atoms with Gasteiger partial charge in [0.2, 0.25) is 5.95 Å². The third-order valence-electron chi connectivity index (χ3n) is 4.82. The van der Waals surface area contributed by atoms with E-state index < -0.39 is 0 Å². The summed E-state index contributed by atoms with van der Waals surface area (Å²) in [6.45, 7) is 6.84. The maximum atomic E-state index is 5.78. The van der Waals surface area contributed by atoms with Gasteiger partial charge >= 0.3 is 0 Å². The first-order valence-electron chi connectivity index (χ1n) is 9.01. The Kier molecular flexibility index (Phi) is 4.42. The fourth-order valence-electron chi connectivity index (χ4n) is 3.32. The topological polar surface area (TPSA) is 97.8 Å². The van der Waals surface area contributed by atoms with Crippen LogP contribution in [0.5, 0.6) is 0 Å². The molecule has 0 amide bonds. The van der Waals surface area contributed by atoms with E-state index in [0.717, 1.165) is 48.1 Å². The van der Waals surface area contributed by atoms with Crippen LogP contribution in [0.1, 0.15) is 26.3 Å². The molecule has 3 N–H and O–H groups in total. The lowest BCUT2D eigenvalue weighted by Crippen LogP contribution is -2.24. The van der Waals surface area contributed by atoms with Crippen LogP contribution in [0, 0.1) is 5.92 Å². The Morgan fingerprint density at radius 3 is 2.92 bits per heavy atom. The fraction of sp³-hybridized carbons (Fsp3) is 0.444. The molecule has 8 heteroatoms. The minimum Gasteiger partial charge on any atom is -0.340 e. The van der Waals surface area contributed by atoms with E-state index in [4.69, 9.17) is 5.73 Å². The molecule has 0 spiro atoms. The highest BCUT2D eigenvalue weighted by Gasteiger charge is 2.23. The molecule has 0 radical (unpaired) electrons. The molecule has 0 bridgehead atoms. The number of hydrogen-bond donors (Lipinski definition) is 2. The molecule has 3 aromatic heterocycles. The molecule has 1 aliphatic heterocycles. The second-order valence-corrected chi connectivity index (χ2v) is 7.01. The average Bonchev–Trinajstić information content (AvgIpc) is 3.28. The number of nitrogens with zero attached hydrogens (tertiary/aromatic N) is 6. The van der Waals surface area contributed by atoms with Crippen molar-refractivity contribution in [3.8, 4) is 0 Å². The van der Waals surface area contributed by atoms with Gasteiger partial charge in [-0.05, 0) is 38.8 Å². The van der Waals surface area contributed by atoms with Gasteiger partial charge in [0, 0.05) is 31.4 Å². The standard InChI is InChI=1S/C18H24N8/c1-12(2)26-11-22-14-9-21-17(7-15(14)26)23-16-3-5-20-18(24-16)25-6-4-13(8-19)10-25/h3,5,7,9,11-13H,4,6,8,10,19H2,1-2H3,(H,20,21,23,24). The van der Waals surface area contributed by atoms with Crippen LogP contribution in [-0.4, -0.2) is 44.1 Å². The predicted molar refractivity (Wildman–Crippen MR) is 103 cm³/mol. The van der Waals surface area contributed by atoms with E-state index in [2.05, 4.69) is 48.6 Å². The molecule has 4 heterocycles. The van der Waals surface area contributed by atoms with E-state index in [1.807, 2.05) is 18.5 Å². The van der Waals surface area contributed by atoms with Crippen molar-refractivity contribution in [2.24, 2.45) is 11.7 Å². The van der Waals surface area contributed by atoms with E-state index in [1.54, 1.807) is 12.4 Å². The number of fused-ring (bicyclic) bond motifs is 1. The molecule has 0 aromatic carbocycles. The first-order valence-corrected chi connectivity index (χ1v) is 9.01. The highest BCUT2D eigenvalue weighted by molar-refractivity contribution is 5.78. The Balaban J connectivity index is 1.56. The van der Waals surface area contributed by atoms with Crippen LogP contribution >= 0.6 is 0 Å². The Hall–Kier alpha value is -2.74. The molecule has 0 aliphatic carbocycles. The van der Waals surface area contributed by atoms with E-state index >= 15 is 0 Å². The maximum Gasteiger partial charge on any atom is 0.227 e. The third-order valence-corrected chi connectivity index (χ3v) is 4.82. The summed E-state index contributed by atoms with van der Waals surface area (Å²) in [5.41, 5.74) is 7.72. The molecule has 3 aromatic rings. The molecule has 26 heavy (non-hydrogen) atoms. The lowest BCUT2D eigenvalue weighted by molar-refractivity contribution is 0.602. The van der Waals surface area contributed by atoms with Gasteiger partial charge in [-0.25, -0.2) is 15.0 Å². The van der Waals surface area contributed by atoms with Crippen molar-refractivity contribution in [2.45, 2.75) is 26.3 Å². The number of nitrogens with one attached hydrogen (secondary N) is 1. The first kappa shape index (κ1) is 16.7. The van der Waals surface area contributed by atoms with Gasteiger partial charge in [-0.3, -0.25) is 0 Å². The van der Waals surface area contributed by atoms with Gasteiger partial charge in [-0.1, -0.05) is 0 Å². The lowest BCUT2D eigenvalue weighted by atomic mass is 10.1. The second-order valence-electron chi connectivity index (χ2n) is 7.01. The van der Waals surface area contributed by atoms with E-state index in [-0.39, 0.29) is 0 Å². The Morgan fingerprint density at radius 2 is 2.15 bits per heavy atom. The summed E-state index contributed by atoms with van der Waals surface area (Å²) < 4.78 is 2.13. The highest BCUT2D eigenvalue weighted by Crippen LogP contribution is 2.23. The van der Waals surface area contributed by atoms with Crippen LogP contribution in [0.4, 0.5) is 17.6 Å². The van der Waals surface area contributed by atoms with Crippen LogP contribution in [0.25, 0.3) is 11.0 Å². The SMILES string of the molecule is CC(C)n1cnc2cnc(Nc3ccnc(N4CCC(CN)C4)n3)cc21. The minimum absolute atomic E-state index is 0.339. The van der Waals surface area contributed by atoms with Gasteiger partial charge in [0.05, 0.1) is 18.0 Å². The van der Waals surface area contributed by atoms with Crippen molar-refractivity contribution in [1.82, 2.24) is 24.5 Å². The van der Waals surface area contributed by atoms with Crippen LogP contribution in [0.2, 0.25) is 0 Å². The number of hydrogen-bond acceptors (Lipinski definition) is 7. The fourth-order valence-corrected chi connectivity index (χ4v) is 3.32. The van der Waals surface area contributed by atoms with E-state index in [1.165, 1.54) is 0 Å². The number of aromatic nitrogens is 5. The molecule has 136 valence electrons. The normalized spacial score (nSPS) is 17.4. The number of rotatable bonds is 5. The zero-order valence-electron chi connectivity index (χ0n) is 15.1. The number of imidazole rings is 1. The van der Waals surface area contributed by atoms with Crippen molar-refractivity contribution < 1.29 is 0 Å². The zero-order chi connectivity index (χ0) is 18.1. The summed E-state index contributed by atoms with van der Waals surface area (Å²) in [4.78, 5) is 20.1. The molecule has 4 rings (SSSR count). The number of pyridine rings is 1. The summed E-state index contributed by atoms with van der Waals surface area (Å²) >= 11 is 0. The van der Waals surface area contributed by atoms with E-state index in [9.17, 15) is 0 Å². The molecule has 8 nitrogen and oxygen atoms in total. The highest BCUT2D eigenvalue weighted by atomic mass is 15.3. The molecule has 1 unspecified atom stereocenters. The van der Waals surface area contributed by atoms with Crippen molar-refractivity contribution >= 4 is 28.6 Å². The van der Waals surface area contributed by atoms with Crippen LogP contribution in [-0.2, 0) is 0 Å². The van der Waals surface area contributed by atoms with Crippen LogP contribution in [0.15, 0.2) is 30.9 Å². The zero-order valence-corrected chi connectivity index (χ0v) is 15.1. The quantitative estimate of drug-likeness (QED) is 0.727. The summed E-state index contributed by atoms with van der Waals surface area (Å²) in [6, 6.07) is 4.20. The Bertz CT molecular complexity index is 903. The van der Waals surface area contributed by atoms with Gasteiger partial charge in [0.25, 0.3) is 0 Å². The summed E-state index contributed by atoms with van der Waals surface area (Å²) in [7, 11) is 0. The molecule has 1 saturated heterocycles. The monoisotopic (exact) mass is 352 g/mol. The van der Waals surface area contributed by atoms with Gasteiger partial charge in [-0.2, -0.15) is 4.98 Å². The summed E-state index contributed by atoms with van der Waals surface area (Å²) in [5.74, 6) is 2.73. The molecular formula is C18H24N8. The average molecular weight is 352 g/mol. The Labute approximate surface area is 152 Å². The van der Waals surface area contributed by atoms with Gasteiger partial charge in [-0.15, -0.1) is 0 Å². The van der Waals surface area contributed by atoms with Crippen LogP contribution in [0.3, 0.4) is 0 Å². The van der Waals surface area contributed by atoms with Crippen molar-refractivity contribution in [1.29, 1.82) is 0 Å². The van der Waals surface area contributed by atoms with Crippen molar-refractivity contribution in [3.05, 3.63) is 30.9 Å². The van der Waals surface area contributed by atoms with Crippen molar-refractivity contribution in [2.75, 3.05) is 29.9 Å². The maximum absolute atomic E-state index is 5.78. The summed E-state index contributed by atoms with van der Waals surface area (Å²) in [5, 5.41) is 3.29. The molecule has 1 aliphatic rings. The number of anilines is 3. The van der Waals surface area contributed by atoms with E-state index in [0.29, 0.717) is 18.5 Å². The number of nitrogens with two attached hydrogens (primary N) is 1. The molecular weight excluding hydrogens is 328 g/mol. The lowest BCUT2D eigenvalue weighted by Gasteiger charge is -2.16. The Morgan fingerprint density at radius 1 is 1.27 bits per heavy atom. The largest absolute Gasteiger partial charge is 0.340 e. The minimum atomic E-state index is 0.339. The van der Waals surface area contributed by atoms with Gasteiger partial charge < -0.3 is 20.5 Å². The van der Waals surface area contributed by atoms with Gasteiger partial charge in [0.1, 0.15) is 17.2 Å². The summed E-state index contributed by atoms with van der Waals surface area (Å²) in [6.07, 6.45) is 6.50. The molecule has 0 saturated carbocycles.